The summed E-state index contributed by atoms with van der Waals surface area (Å²) in [6.45, 7) is 12.3. The molecule has 4 nitrogen and oxygen atoms in total. The topological polar surface area (TPSA) is 52.6 Å². The number of carbonyl (C=O) groups excluding carboxylic acids is 2. The first-order valence-electron chi connectivity index (χ1n) is 18.3. The minimum atomic E-state index is -0.514. The summed E-state index contributed by atoms with van der Waals surface area (Å²) in [7, 11) is 0. The number of benzene rings is 2. The first kappa shape index (κ1) is 34.8. The zero-order valence-electron chi connectivity index (χ0n) is 29.0. The Hall–Kier alpha value is -2.04. The van der Waals surface area contributed by atoms with E-state index in [0.29, 0.717) is 44.3 Å². The van der Waals surface area contributed by atoms with Crippen molar-refractivity contribution in [2.24, 2.45) is 52.3 Å². The molecule has 0 saturated heterocycles. The van der Waals surface area contributed by atoms with E-state index in [1.165, 1.54) is 51.4 Å². The molecule has 256 valence electrons. The van der Waals surface area contributed by atoms with Crippen LogP contribution in [-0.2, 0) is 9.47 Å². The van der Waals surface area contributed by atoms with Crippen molar-refractivity contribution in [3.63, 3.8) is 0 Å². The average molecular weight is 682 g/mol. The second kappa shape index (κ2) is 14.1. The van der Waals surface area contributed by atoms with E-state index in [4.69, 9.17) is 32.7 Å². The van der Waals surface area contributed by atoms with E-state index < -0.39 is 24.1 Å². The maximum Gasteiger partial charge on any atom is 0.338 e. The first-order valence-corrected chi connectivity index (χ1v) is 19.1. The van der Waals surface area contributed by atoms with Crippen LogP contribution in [0.15, 0.2) is 48.5 Å². The van der Waals surface area contributed by atoms with Crippen molar-refractivity contribution in [1.82, 2.24) is 0 Å². The molecule has 0 aromatic heterocycles. The molecular weight excluding hydrogens is 627 g/mol. The number of fused-ring (bicyclic) bond motifs is 5. The Kier molecular flexibility index (Phi) is 10.4. The fraction of sp³-hybridized carbons (Fsp3) is 0.659. The van der Waals surface area contributed by atoms with E-state index in [-0.39, 0.29) is 5.41 Å². The minimum absolute atomic E-state index is 0.0271. The van der Waals surface area contributed by atoms with Crippen molar-refractivity contribution in [2.45, 2.75) is 117 Å². The molecule has 0 spiro atoms. The second-order valence-corrected chi connectivity index (χ2v) is 17.4. The number of hydrogen-bond acceptors (Lipinski definition) is 4. The van der Waals surface area contributed by atoms with Gasteiger partial charge in [-0.1, -0.05) is 77.1 Å². The van der Waals surface area contributed by atoms with Crippen molar-refractivity contribution in [3.05, 3.63) is 69.7 Å². The molecule has 0 aliphatic heterocycles. The summed E-state index contributed by atoms with van der Waals surface area (Å²) in [4.78, 5) is 26.8. The average Bonchev–Trinajstić information content (AvgIpc) is 3.39. The first-order chi connectivity index (χ1) is 22.4. The van der Waals surface area contributed by atoms with Crippen LogP contribution < -0.4 is 0 Å². The number of rotatable bonds is 9. The van der Waals surface area contributed by atoms with E-state index in [2.05, 4.69) is 34.6 Å². The SMILES string of the molecule is CC(C)CCC[C@@H](C)[C@@H]1CC[C@@H]2[C@@H]3CC[C@H]4C[C@H](OC(=O)c5ccc(Cl)cc5)[C@H](OC(=O)c5ccc(Cl)cc5)C[C@]4(C)[C@H]3CC[C@@]21C. The normalized spacial score (nSPS) is 35.4. The molecule has 2 aromatic rings. The highest BCUT2D eigenvalue weighted by atomic mass is 35.5. The molecule has 6 heteroatoms. The van der Waals surface area contributed by atoms with Crippen molar-refractivity contribution in [1.29, 1.82) is 0 Å². The lowest BCUT2D eigenvalue weighted by Gasteiger charge is -2.62. The van der Waals surface area contributed by atoms with Gasteiger partial charge < -0.3 is 9.47 Å². The third-order valence-electron chi connectivity index (χ3n) is 13.5. The third kappa shape index (κ3) is 7.03. The molecule has 0 amide bonds. The highest BCUT2D eigenvalue weighted by Gasteiger charge is 2.62. The number of esters is 2. The highest BCUT2D eigenvalue weighted by molar-refractivity contribution is 6.31. The lowest BCUT2D eigenvalue weighted by molar-refractivity contribution is -0.163. The summed E-state index contributed by atoms with van der Waals surface area (Å²) >= 11 is 12.2. The number of ether oxygens (including phenoxy) is 2. The number of carbonyl (C=O) groups is 2. The Morgan fingerprint density at radius 3 is 1.91 bits per heavy atom. The van der Waals surface area contributed by atoms with Crippen LogP contribution in [0.1, 0.15) is 126 Å². The number of hydrogen-bond donors (Lipinski definition) is 0. The van der Waals surface area contributed by atoms with Gasteiger partial charge in [0.1, 0.15) is 12.2 Å². The van der Waals surface area contributed by atoms with Gasteiger partial charge >= 0.3 is 11.9 Å². The van der Waals surface area contributed by atoms with Crippen LogP contribution in [0.2, 0.25) is 10.0 Å². The smallest absolute Gasteiger partial charge is 0.338 e. The van der Waals surface area contributed by atoms with Crippen LogP contribution in [0.3, 0.4) is 0 Å². The zero-order valence-corrected chi connectivity index (χ0v) is 30.5. The summed E-state index contributed by atoms with van der Waals surface area (Å²) in [5.41, 5.74) is 1.36. The quantitative estimate of drug-likeness (QED) is 0.247. The van der Waals surface area contributed by atoms with Gasteiger partial charge in [-0.05, 0) is 152 Å². The summed E-state index contributed by atoms with van der Waals surface area (Å²) in [6.07, 6.45) is 12.1. The van der Waals surface area contributed by atoms with Gasteiger partial charge in [0.15, 0.2) is 0 Å². The predicted molar refractivity (Wildman–Crippen MR) is 190 cm³/mol. The van der Waals surface area contributed by atoms with Gasteiger partial charge in [-0.2, -0.15) is 0 Å². The lowest BCUT2D eigenvalue weighted by atomic mass is 9.44. The van der Waals surface area contributed by atoms with Gasteiger partial charge in [0.25, 0.3) is 0 Å². The molecule has 4 aliphatic carbocycles. The Morgan fingerprint density at radius 1 is 0.745 bits per heavy atom. The van der Waals surface area contributed by atoms with E-state index in [0.717, 1.165) is 42.9 Å². The molecule has 0 radical (unpaired) electrons. The Morgan fingerprint density at radius 2 is 1.32 bits per heavy atom. The van der Waals surface area contributed by atoms with Crippen LogP contribution in [0.25, 0.3) is 0 Å². The van der Waals surface area contributed by atoms with Crippen molar-refractivity contribution < 1.29 is 19.1 Å². The van der Waals surface area contributed by atoms with E-state index in [1.807, 2.05) is 0 Å². The molecule has 0 heterocycles. The van der Waals surface area contributed by atoms with E-state index in [1.54, 1.807) is 48.5 Å². The molecule has 4 aliphatic rings. The molecular formula is C41H54Cl2O4. The molecule has 10 atom stereocenters. The van der Waals surface area contributed by atoms with Crippen LogP contribution >= 0.6 is 23.2 Å². The predicted octanol–water partition coefficient (Wildman–Crippen LogP) is 11.5. The minimum Gasteiger partial charge on any atom is -0.455 e. The molecule has 47 heavy (non-hydrogen) atoms. The zero-order chi connectivity index (χ0) is 33.5. The molecule has 0 unspecified atom stereocenters. The van der Waals surface area contributed by atoms with Gasteiger partial charge in [-0.25, -0.2) is 9.59 Å². The molecule has 4 saturated carbocycles. The molecule has 0 bridgehead atoms. The molecule has 6 rings (SSSR count). The Bertz CT molecular complexity index is 1410. The van der Waals surface area contributed by atoms with Gasteiger partial charge in [-0.15, -0.1) is 0 Å². The Balaban J connectivity index is 1.22. The monoisotopic (exact) mass is 680 g/mol. The van der Waals surface area contributed by atoms with Gasteiger partial charge in [-0.3, -0.25) is 0 Å². The van der Waals surface area contributed by atoms with Crippen LogP contribution in [0, 0.1) is 52.3 Å². The van der Waals surface area contributed by atoms with E-state index >= 15 is 0 Å². The van der Waals surface area contributed by atoms with Crippen molar-refractivity contribution >= 4 is 35.1 Å². The summed E-state index contributed by atoms with van der Waals surface area (Å²) in [5.74, 6) is 4.10. The standard InChI is InChI=1S/C41H54Cl2O4/c1-25(2)7-6-8-26(3)33-19-20-34-32-18-13-29-23-36(46-38(44)27-9-14-30(42)15-10-27)37(47-39(45)28-11-16-31(43)17-12-28)24-41(29,5)35(32)21-22-40(33,34)4/h9-12,14-17,25-26,29,32-37H,6-8,13,18-24H2,1-5H3/t26-,29+,32+,33+,34-,35+,36+,37-,40-,41+/m1/s1. The van der Waals surface area contributed by atoms with Crippen molar-refractivity contribution in [3.8, 4) is 0 Å². The third-order valence-corrected chi connectivity index (χ3v) is 14.0. The van der Waals surface area contributed by atoms with Crippen LogP contribution in [-0.4, -0.2) is 24.1 Å². The second-order valence-electron chi connectivity index (χ2n) is 16.5. The molecule has 0 N–H and O–H groups in total. The fourth-order valence-electron chi connectivity index (χ4n) is 11.1. The van der Waals surface area contributed by atoms with Crippen molar-refractivity contribution in [2.75, 3.05) is 0 Å². The number of halogens is 2. The van der Waals surface area contributed by atoms with E-state index in [9.17, 15) is 9.59 Å². The van der Waals surface area contributed by atoms with Crippen LogP contribution in [0.4, 0.5) is 0 Å². The lowest BCUT2D eigenvalue weighted by Crippen LogP contribution is -2.58. The maximum atomic E-state index is 13.5. The van der Waals surface area contributed by atoms with Crippen LogP contribution in [0.5, 0.6) is 0 Å². The largest absolute Gasteiger partial charge is 0.455 e. The highest BCUT2D eigenvalue weighted by Crippen LogP contribution is 2.68. The van der Waals surface area contributed by atoms with Gasteiger partial charge in [0.2, 0.25) is 0 Å². The maximum absolute atomic E-state index is 13.5. The van der Waals surface area contributed by atoms with Gasteiger partial charge in [0, 0.05) is 10.0 Å². The molecule has 4 fully saturated rings. The fourth-order valence-corrected chi connectivity index (χ4v) is 11.3. The summed E-state index contributed by atoms with van der Waals surface area (Å²) in [6, 6.07) is 13.6. The summed E-state index contributed by atoms with van der Waals surface area (Å²) < 4.78 is 12.5. The molecule has 2 aromatic carbocycles. The van der Waals surface area contributed by atoms with Gasteiger partial charge in [0.05, 0.1) is 11.1 Å². The Labute approximate surface area is 292 Å². The summed E-state index contributed by atoms with van der Waals surface area (Å²) in [5, 5.41) is 1.14.